The zero-order valence-corrected chi connectivity index (χ0v) is 12.9. The van der Waals surface area contributed by atoms with Gasteiger partial charge < -0.3 is 4.90 Å². The highest BCUT2D eigenvalue weighted by molar-refractivity contribution is 5.84. The summed E-state index contributed by atoms with van der Waals surface area (Å²) in [6.07, 6.45) is -3.01. The van der Waals surface area contributed by atoms with Gasteiger partial charge in [0.25, 0.3) is 6.43 Å². The molecule has 0 radical (unpaired) electrons. The smallest absolute Gasteiger partial charge is 0.255 e. The van der Waals surface area contributed by atoms with Gasteiger partial charge in [-0.1, -0.05) is 45.0 Å². The van der Waals surface area contributed by atoms with Crippen molar-refractivity contribution in [2.45, 2.75) is 51.7 Å². The molecule has 1 aliphatic heterocycles. The third kappa shape index (κ3) is 3.40. The van der Waals surface area contributed by atoms with Crippen LogP contribution >= 0.6 is 0 Å². The van der Waals surface area contributed by atoms with Crippen molar-refractivity contribution in [3.63, 3.8) is 0 Å². The van der Waals surface area contributed by atoms with Crippen molar-refractivity contribution in [1.29, 1.82) is 0 Å². The van der Waals surface area contributed by atoms with E-state index in [9.17, 15) is 13.6 Å². The van der Waals surface area contributed by atoms with Crippen LogP contribution in [0.5, 0.6) is 0 Å². The van der Waals surface area contributed by atoms with Crippen LogP contribution in [-0.4, -0.2) is 29.8 Å². The average molecular weight is 296 g/mol. The fourth-order valence-corrected chi connectivity index (χ4v) is 2.56. The maximum Gasteiger partial charge on any atom is 0.255 e. The standard InChI is InChI=1S/C16H22F2N2O/c1-10-15(21)20(9-13(17)18)14(19-10)11-5-7-12(8-6-11)16(2,3)4/h5-8,10,13-14,19H,9H2,1-4H3. The van der Waals surface area contributed by atoms with Crippen molar-refractivity contribution in [2.24, 2.45) is 0 Å². The third-order valence-corrected chi connectivity index (χ3v) is 3.80. The highest BCUT2D eigenvalue weighted by Crippen LogP contribution is 2.28. The predicted octanol–water partition coefficient (Wildman–Crippen LogP) is 3.07. The van der Waals surface area contributed by atoms with Crippen molar-refractivity contribution in [1.82, 2.24) is 10.2 Å². The number of nitrogens with one attached hydrogen (secondary N) is 1. The van der Waals surface area contributed by atoms with Gasteiger partial charge in [-0.05, 0) is 23.5 Å². The minimum atomic E-state index is -2.53. The second kappa shape index (κ2) is 5.72. The molecule has 116 valence electrons. The first-order valence-electron chi connectivity index (χ1n) is 7.15. The van der Waals surface area contributed by atoms with Crippen molar-refractivity contribution >= 4 is 5.91 Å². The van der Waals surface area contributed by atoms with E-state index in [1.165, 1.54) is 10.5 Å². The number of nitrogens with zero attached hydrogens (tertiary/aromatic N) is 1. The van der Waals surface area contributed by atoms with Gasteiger partial charge in [0.15, 0.2) is 0 Å². The molecule has 0 spiro atoms. The molecule has 0 aromatic heterocycles. The SMILES string of the molecule is CC1NC(c2ccc(C(C)(C)C)cc2)N(CC(F)F)C1=O. The van der Waals surface area contributed by atoms with E-state index in [0.29, 0.717) is 0 Å². The lowest BCUT2D eigenvalue weighted by Gasteiger charge is -2.25. The Balaban J connectivity index is 2.25. The van der Waals surface area contributed by atoms with Gasteiger partial charge in [0.1, 0.15) is 6.17 Å². The van der Waals surface area contributed by atoms with Crippen LogP contribution in [0, 0.1) is 0 Å². The highest BCUT2D eigenvalue weighted by Gasteiger charge is 2.38. The Morgan fingerprint density at radius 1 is 1.24 bits per heavy atom. The number of hydrogen-bond donors (Lipinski definition) is 1. The van der Waals surface area contributed by atoms with E-state index >= 15 is 0 Å². The summed E-state index contributed by atoms with van der Waals surface area (Å²) in [6, 6.07) is 7.36. The van der Waals surface area contributed by atoms with E-state index < -0.39 is 25.2 Å². The van der Waals surface area contributed by atoms with E-state index in [-0.39, 0.29) is 11.3 Å². The Labute approximate surface area is 124 Å². The first-order chi connectivity index (χ1) is 9.70. The fraction of sp³-hybridized carbons (Fsp3) is 0.562. The highest BCUT2D eigenvalue weighted by atomic mass is 19.3. The molecule has 2 atom stereocenters. The van der Waals surface area contributed by atoms with E-state index in [0.717, 1.165) is 5.56 Å². The van der Waals surface area contributed by atoms with Crippen molar-refractivity contribution in [3.05, 3.63) is 35.4 Å². The summed E-state index contributed by atoms with van der Waals surface area (Å²) in [5.41, 5.74) is 2.04. The van der Waals surface area contributed by atoms with Gasteiger partial charge in [-0.25, -0.2) is 8.78 Å². The minimum Gasteiger partial charge on any atom is -0.316 e. The van der Waals surface area contributed by atoms with E-state index in [2.05, 4.69) is 26.1 Å². The predicted molar refractivity (Wildman–Crippen MR) is 78.2 cm³/mol. The molecule has 2 rings (SSSR count). The Bertz CT molecular complexity index is 508. The maximum atomic E-state index is 12.7. The maximum absolute atomic E-state index is 12.7. The Morgan fingerprint density at radius 2 is 1.81 bits per heavy atom. The molecule has 1 aromatic rings. The molecule has 1 heterocycles. The summed E-state index contributed by atoms with van der Waals surface area (Å²) in [6.45, 7) is 7.51. The molecule has 1 fully saturated rings. The molecule has 0 saturated carbocycles. The van der Waals surface area contributed by atoms with Gasteiger partial charge in [-0.2, -0.15) is 0 Å². The zero-order chi connectivity index (χ0) is 15.8. The normalized spacial score (nSPS) is 23.2. The molecule has 5 heteroatoms. The molecule has 1 N–H and O–H groups in total. The Kier molecular flexibility index (Phi) is 4.33. The van der Waals surface area contributed by atoms with Crippen LogP contribution in [0.4, 0.5) is 8.78 Å². The minimum absolute atomic E-state index is 0.0351. The second-order valence-electron chi connectivity index (χ2n) is 6.54. The first-order valence-corrected chi connectivity index (χ1v) is 7.15. The molecule has 1 amide bonds. The van der Waals surface area contributed by atoms with Gasteiger partial charge in [0.2, 0.25) is 5.91 Å². The van der Waals surface area contributed by atoms with Crippen LogP contribution in [0.15, 0.2) is 24.3 Å². The van der Waals surface area contributed by atoms with E-state index in [1.54, 1.807) is 6.92 Å². The summed E-state index contributed by atoms with van der Waals surface area (Å²) < 4.78 is 25.3. The molecule has 0 aliphatic carbocycles. The monoisotopic (exact) mass is 296 g/mol. The summed E-state index contributed by atoms with van der Waals surface area (Å²) >= 11 is 0. The summed E-state index contributed by atoms with van der Waals surface area (Å²) in [7, 11) is 0. The van der Waals surface area contributed by atoms with Gasteiger partial charge in [-0.3, -0.25) is 10.1 Å². The number of carbonyl (C=O) groups excluding carboxylic acids is 1. The quantitative estimate of drug-likeness (QED) is 0.929. The summed E-state index contributed by atoms with van der Waals surface area (Å²) in [4.78, 5) is 13.2. The number of rotatable bonds is 3. The third-order valence-electron chi connectivity index (χ3n) is 3.80. The van der Waals surface area contributed by atoms with E-state index in [4.69, 9.17) is 0 Å². The molecular formula is C16H22F2N2O. The topological polar surface area (TPSA) is 32.3 Å². The fourth-order valence-electron chi connectivity index (χ4n) is 2.56. The largest absolute Gasteiger partial charge is 0.316 e. The molecule has 0 bridgehead atoms. The lowest BCUT2D eigenvalue weighted by molar-refractivity contribution is -0.131. The number of halogens is 2. The van der Waals surface area contributed by atoms with Gasteiger partial charge in [0.05, 0.1) is 12.6 Å². The number of amides is 1. The van der Waals surface area contributed by atoms with Crippen LogP contribution in [-0.2, 0) is 10.2 Å². The van der Waals surface area contributed by atoms with Crippen molar-refractivity contribution < 1.29 is 13.6 Å². The average Bonchev–Trinajstić information content (AvgIpc) is 2.66. The van der Waals surface area contributed by atoms with Crippen LogP contribution in [0.3, 0.4) is 0 Å². The number of hydrogen-bond acceptors (Lipinski definition) is 2. The Hall–Kier alpha value is -1.49. The Morgan fingerprint density at radius 3 is 2.29 bits per heavy atom. The molecule has 2 unspecified atom stereocenters. The zero-order valence-electron chi connectivity index (χ0n) is 12.9. The molecule has 21 heavy (non-hydrogen) atoms. The van der Waals surface area contributed by atoms with Crippen LogP contribution in [0.2, 0.25) is 0 Å². The molecule has 1 saturated heterocycles. The lowest BCUT2D eigenvalue weighted by atomic mass is 9.86. The summed E-state index contributed by atoms with van der Waals surface area (Å²) in [5, 5.41) is 3.08. The number of benzene rings is 1. The number of alkyl halides is 2. The second-order valence-corrected chi connectivity index (χ2v) is 6.54. The lowest BCUT2D eigenvalue weighted by Crippen LogP contribution is -2.34. The first kappa shape index (κ1) is 15.9. The molecule has 1 aromatic carbocycles. The van der Waals surface area contributed by atoms with Gasteiger partial charge >= 0.3 is 0 Å². The van der Waals surface area contributed by atoms with Gasteiger partial charge in [-0.15, -0.1) is 0 Å². The van der Waals surface area contributed by atoms with Crippen molar-refractivity contribution in [3.8, 4) is 0 Å². The summed E-state index contributed by atoms with van der Waals surface area (Å²) in [5.74, 6) is -0.278. The van der Waals surface area contributed by atoms with Gasteiger partial charge in [0, 0.05) is 0 Å². The van der Waals surface area contributed by atoms with E-state index in [1.807, 2.05) is 24.3 Å². The molecular weight excluding hydrogens is 274 g/mol. The van der Waals surface area contributed by atoms with Crippen LogP contribution < -0.4 is 5.32 Å². The molecule has 1 aliphatic rings. The molecule has 3 nitrogen and oxygen atoms in total. The number of carbonyl (C=O) groups is 1. The van der Waals surface area contributed by atoms with Crippen LogP contribution in [0.1, 0.15) is 45.0 Å². The van der Waals surface area contributed by atoms with Crippen LogP contribution in [0.25, 0.3) is 0 Å². The van der Waals surface area contributed by atoms with Crippen molar-refractivity contribution in [2.75, 3.05) is 6.54 Å².